The Balaban J connectivity index is 2.13. The highest BCUT2D eigenvalue weighted by Crippen LogP contribution is 2.31. The summed E-state index contributed by atoms with van der Waals surface area (Å²) >= 11 is 0. The highest BCUT2D eigenvalue weighted by atomic mass is 19.4. The lowest BCUT2D eigenvalue weighted by molar-refractivity contribution is -0.137. The highest BCUT2D eigenvalue weighted by molar-refractivity contribution is 5.60. The van der Waals surface area contributed by atoms with Gasteiger partial charge >= 0.3 is 6.18 Å². The Morgan fingerprint density at radius 3 is 2.43 bits per heavy atom. The lowest BCUT2D eigenvalue weighted by Crippen LogP contribution is -2.19. The second kappa shape index (κ2) is 6.30. The van der Waals surface area contributed by atoms with Gasteiger partial charge in [0.25, 0.3) is 0 Å². The zero-order valence-corrected chi connectivity index (χ0v) is 11.9. The molecule has 2 aromatic rings. The van der Waals surface area contributed by atoms with Crippen LogP contribution in [0.5, 0.6) is 0 Å². The molecule has 1 aromatic heterocycles. The Morgan fingerprint density at radius 2 is 1.86 bits per heavy atom. The average molecular weight is 298 g/mol. The van der Waals surface area contributed by atoms with Crippen molar-refractivity contribution < 1.29 is 17.6 Å². The second-order valence-corrected chi connectivity index (χ2v) is 5.23. The third-order valence-electron chi connectivity index (χ3n) is 2.96. The van der Waals surface area contributed by atoms with E-state index in [1.165, 1.54) is 18.5 Å². The summed E-state index contributed by atoms with van der Waals surface area (Å²) in [4.78, 5) is 4.11. The molecule has 114 valence electrons. The first-order valence-electron chi connectivity index (χ1n) is 6.68. The first kappa shape index (κ1) is 15.6. The molecule has 0 saturated heterocycles. The largest absolute Gasteiger partial charge is 0.443 e. The van der Waals surface area contributed by atoms with Crippen molar-refractivity contribution in [3.8, 4) is 11.3 Å². The van der Waals surface area contributed by atoms with Crippen LogP contribution in [-0.2, 0) is 12.7 Å². The van der Waals surface area contributed by atoms with Crippen LogP contribution >= 0.6 is 0 Å². The van der Waals surface area contributed by atoms with E-state index in [0.29, 0.717) is 29.5 Å². The van der Waals surface area contributed by atoms with Crippen molar-refractivity contribution in [2.75, 3.05) is 6.54 Å². The molecule has 0 fully saturated rings. The van der Waals surface area contributed by atoms with Crippen LogP contribution < -0.4 is 5.32 Å². The Bertz CT molecular complexity index is 573. The molecule has 0 aliphatic carbocycles. The van der Waals surface area contributed by atoms with Crippen LogP contribution in [0.15, 0.2) is 35.1 Å². The van der Waals surface area contributed by atoms with E-state index >= 15 is 0 Å². The fourth-order valence-corrected chi connectivity index (χ4v) is 1.92. The quantitative estimate of drug-likeness (QED) is 0.903. The van der Waals surface area contributed by atoms with Crippen LogP contribution in [0, 0.1) is 5.92 Å². The standard InChI is InChI=1S/C15H17F3N2O/c1-10(2)7-19-8-13-14(21-9-20-13)11-3-5-12(6-4-11)15(16,17)18/h3-6,9-10,19H,7-8H2,1-2H3. The van der Waals surface area contributed by atoms with Crippen LogP contribution in [0.4, 0.5) is 13.2 Å². The second-order valence-electron chi connectivity index (χ2n) is 5.23. The lowest BCUT2D eigenvalue weighted by Gasteiger charge is -2.08. The van der Waals surface area contributed by atoms with Gasteiger partial charge in [-0.05, 0) is 24.6 Å². The molecule has 1 heterocycles. The number of aromatic nitrogens is 1. The smallest absolute Gasteiger partial charge is 0.416 e. The number of nitrogens with zero attached hydrogens (tertiary/aromatic N) is 1. The maximum Gasteiger partial charge on any atom is 0.416 e. The van der Waals surface area contributed by atoms with Gasteiger partial charge in [-0.3, -0.25) is 0 Å². The minimum atomic E-state index is -4.33. The van der Waals surface area contributed by atoms with E-state index in [9.17, 15) is 13.2 Å². The normalized spacial score (nSPS) is 12.1. The summed E-state index contributed by atoms with van der Waals surface area (Å²) in [5.41, 5.74) is 0.600. The molecule has 0 bridgehead atoms. The summed E-state index contributed by atoms with van der Waals surface area (Å²) in [7, 11) is 0. The molecular formula is C15H17F3N2O. The summed E-state index contributed by atoms with van der Waals surface area (Å²) in [5.74, 6) is 1.01. The molecule has 21 heavy (non-hydrogen) atoms. The van der Waals surface area contributed by atoms with Gasteiger partial charge in [-0.15, -0.1) is 0 Å². The van der Waals surface area contributed by atoms with Gasteiger partial charge in [0.15, 0.2) is 12.2 Å². The van der Waals surface area contributed by atoms with Gasteiger partial charge in [-0.25, -0.2) is 4.98 Å². The summed E-state index contributed by atoms with van der Waals surface area (Å²) in [6.07, 6.45) is -3.03. The van der Waals surface area contributed by atoms with Crippen molar-refractivity contribution in [1.29, 1.82) is 0 Å². The molecule has 0 amide bonds. The van der Waals surface area contributed by atoms with E-state index in [2.05, 4.69) is 24.1 Å². The molecule has 1 aromatic carbocycles. The number of alkyl halides is 3. The SMILES string of the molecule is CC(C)CNCc1ncoc1-c1ccc(C(F)(F)F)cc1. The number of hydrogen-bond acceptors (Lipinski definition) is 3. The Kier molecular flexibility index (Phi) is 4.67. The minimum absolute atomic E-state index is 0.500. The van der Waals surface area contributed by atoms with Crippen molar-refractivity contribution in [2.45, 2.75) is 26.6 Å². The molecule has 1 N–H and O–H groups in total. The van der Waals surface area contributed by atoms with E-state index in [-0.39, 0.29) is 0 Å². The van der Waals surface area contributed by atoms with Crippen LogP contribution in [0.3, 0.4) is 0 Å². The minimum Gasteiger partial charge on any atom is -0.443 e. The zero-order valence-electron chi connectivity index (χ0n) is 11.9. The predicted molar refractivity (Wildman–Crippen MR) is 73.5 cm³/mol. The molecule has 0 radical (unpaired) electrons. The van der Waals surface area contributed by atoms with Crippen molar-refractivity contribution >= 4 is 0 Å². The van der Waals surface area contributed by atoms with E-state index in [4.69, 9.17) is 4.42 Å². The van der Waals surface area contributed by atoms with E-state index < -0.39 is 11.7 Å². The number of hydrogen-bond donors (Lipinski definition) is 1. The summed E-state index contributed by atoms with van der Waals surface area (Å²) in [6.45, 7) is 5.53. The topological polar surface area (TPSA) is 38.1 Å². The fraction of sp³-hybridized carbons (Fsp3) is 0.400. The molecular weight excluding hydrogens is 281 g/mol. The van der Waals surface area contributed by atoms with E-state index in [0.717, 1.165) is 18.7 Å². The summed E-state index contributed by atoms with van der Waals surface area (Å²) in [5, 5.41) is 3.23. The van der Waals surface area contributed by atoms with Crippen LogP contribution in [-0.4, -0.2) is 11.5 Å². The Labute approximate surface area is 121 Å². The number of oxazole rings is 1. The van der Waals surface area contributed by atoms with Gasteiger partial charge in [0.1, 0.15) is 5.69 Å². The highest BCUT2D eigenvalue weighted by Gasteiger charge is 2.30. The number of benzene rings is 1. The van der Waals surface area contributed by atoms with E-state index in [1.54, 1.807) is 0 Å². The first-order chi connectivity index (χ1) is 9.88. The summed E-state index contributed by atoms with van der Waals surface area (Å²) < 4.78 is 42.9. The maximum atomic E-state index is 12.5. The molecule has 0 unspecified atom stereocenters. The first-order valence-corrected chi connectivity index (χ1v) is 6.68. The van der Waals surface area contributed by atoms with Gasteiger partial charge in [0.05, 0.1) is 5.56 Å². The number of nitrogens with one attached hydrogen (secondary N) is 1. The van der Waals surface area contributed by atoms with Crippen molar-refractivity contribution in [3.63, 3.8) is 0 Å². The Hall–Kier alpha value is -1.82. The van der Waals surface area contributed by atoms with Crippen molar-refractivity contribution in [2.24, 2.45) is 5.92 Å². The molecule has 0 aliphatic rings. The molecule has 0 atom stereocenters. The number of halogens is 3. The van der Waals surface area contributed by atoms with Gasteiger partial charge < -0.3 is 9.73 Å². The van der Waals surface area contributed by atoms with Crippen LogP contribution in [0.25, 0.3) is 11.3 Å². The molecule has 2 rings (SSSR count). The number of rotatable bonds is 5. The maximum absolute atomic E-state index is 12.5. The predicted octanol–water partition coefficient (Wildman–Crippen LogP) is 4.11. The van der Waals surface area contributed by atoms with Gasteiger partial charge in [-0.1, -0.05) is 26.0 Å². The van der Waals surface area contributed by atoms with Crippen LogP contribution in [0.1, 0.15) is 25.1 Å². The third-order valence-corrected chi connectivity index (χ3v) is 2.96. The van der Waals surface area contributed by atoms with E-state index in [1.807, 2.05) is 0 Å². The van der Waals surface area contributed by atoms with Gasteiger partial charge in [-0.2, -0.15) is 13.2 Å². The summed E-state index contributed by atoms with van der Waals surface area (Å²) in [6, 6.07) is 4.89. The molecule has 3 nitrogen and oxygen atoms in total. The zero-order chi connectivity index (χ0) is 15.5. The van der Waals surface area contributed by atoms with Gasteiger partial charge in [0, 0.05) is 12.1 Å². The third kappa shape index (κ3) is 4.07. The monoisotopic (exact) mass is 298 g/mol. The molecule has 0 spiro atoms. The lowest BCUT2D eigenvalue weighted by atomic mass is 10.1. The molecule has 0 aliphatic heterocycles. The average Bonchev–Trinajstić information content (AvgIpc) is 2.86. The molecule has 0 saturated carbocycles. The van der Waals surface area contributed by atoms with Crippen molar-refractivity contribution in [3.05, 3.63) is 41.9 Å². The molecule has 6 heteroatoms. The van der Waals surface area contributed by atoms with Crippen molar-refractivity contribution in [1.82, 2.24) is 10.3 Å². The van der Waals surface area contributed by atoms with Gasteiger partial charge in [0.2, 0.25) is 0 Å². The Morgan fingerprint density at radius 1 is 1.19 bits per heavy atom. The van der Waals surface area contributed by atoms with Crippen LogP contribution in [0.2, 0.25) is 0 Å². The fourth-order valence-electron chi connectivity index (χ4n) is 1.92.